The number of rotatable bonds is 2. The van der Waals surface area contributed by atoms with Gasteiger partial charge in [-0.25, -0.2) is 0 Å². The van der Waals surface area contributed by atoms with Crippen LogP contribution in [0.5, 0.6) is 0 Å². The average molecular weight is 288 g/mol. The van der Waals surface area contributed by atoms with Crippen LogP contribution >= 0.6 is 0 Å². The Labute approximate surface area is 123 Å². The Hall–Kier alpha value is -1.59. The van der Waals surface area contributed by atoms with Crippen molar-refractivity contribution in [1.82, 2.24) is 4.98 Å². The first-order valence-electron chi connectivity index (χ1n) is 7.62. The lowest BCUT2D eigenvalue weighted by atomic mass is 9.89. The molecule has 2 aliphatic rings. The lowest BCUT2D eigenvalue weighted by Gasteiger charge is -2.38. The summed E-state index contributed by atoms with van der Waals surface area (Å²) in [5.74, 6) is -0.307. The number of ether oxygens (including phenoxy) is 2. The summed E-state index contributed by atoms with van der Waals surface area (Å²) in [7, 11) is 2.06. The van der Waals surface area contributed by atoms with E-state index in [0.717, 1.165) is 50.0 Å². The summed E-state index contributed by atoms with van der Waals surface area (Å²) in [4.78, 5) is 6.73. The zero-order valence-corrected chi connectivity index (χ0v) is 12.2. The molecule has 1 aromatic carbocycles. The number of fused-ring (bicyclic) bond motifs is 1. The van der Waals surface area contributed by atoms with Gasteiger partial charge in [-0.2, -0.15) is 4.98 Å². The summed E-state index contributed by atoms with van der Waals surface area (Å²) in [5.41, 5.74) is 1.75. The third kappa shape index (κ3) is 2.30. The van der Waals surface area contributed by atoms with Crippen molar-refractivity contribution < 1.29 is 13.9 Å². The number of benzene rings is 1. The molecule has 0 bridgehead atoms. The zero-order valence-electron chi connectivity index (χ0n) is 12.2. The van der Waals surface area contributed by atoms with Crippen LogP contribution in [0, 0.1) is 0 Å². The first-order chi connectivity index (χ1) is 10.3. The monoisotopic (exact) mass is 288 g/mol. The second kappa shape index (κ2) is 5.00. The van der Waals surface area contributed by atoms with Crippen LogP contribution in [0.15, 0.2) is 28.7 Å². The highest BCUT2D eigenvalue weighted by molar-refractivity contribution is 5.74. The molecular weight excluding hydrogens is 268 g/mol. The molecule has 0 atom stereocenters. The van der Waals surface area contributed by atoms with E-state index >= 15 is 0 Å². The van der Waals surface area contributed by atoms with Crippen LogP contribution in [0.4, 0.5) is 6.01 Å². The van der Waals surface area contributed by atoms with Gasteiger partial charge in [-0.05, 0) is 25.0 Å². The number of hydrogen-bond donors (Lipinski definition) is 0. The standard InChI is InChI=1S/C16H20N2O3/c1-18(15-17-13-4-2-3-5-14(13)21-15)12-6-8-16(9-7-12)19-10-11-20-16/h2-5,12H,6-11H2,1H3. The van der Waals surface area contributed by atoms with Gasteiger partial charge in [-0.15, -0.1) is 0 Å². The van der Waals surface area contributed by atoms with Gasteiger partial charge < -0.3 is 18.8 Å². The molecule has 1 aliphatic heterocycles. The molecule has 1 aliphatic carbocycles. The van der Waals surface area contributed by atoms with Gasteiger partial charge in [0.15, 0.2) is 11.4 Å². The third-order valence-electron chi connectivity index (χ3n) is 4.66. The fourth-order valence-corrected chi connectivity index (χ4v) is 3.38. The van der Waals surface area contributed by atoms with E-state index in [9.17, 15) is 0 Å². The minimum absolute atomic E-state index is 0.307. The summed E-state index contributed by atoms with van der Waals surface area (Å²) in [6.07, 6.45) is 3.97. The molecule has 2 heterocycles. The second-order valence-corrected chi connectivity index (χ2v) is 5.91. The van der Waals surface area contributed by atoms with Gasteiger partial charge in [0.05, 0.1) is 13.2 Å². The fourth-order valence-electron chi connectivity index (χ4n) is 3.38. The highest BCUT2D eigenvalue weighted by Crippen LogP contribution is 2.38. The van der Waals surface area contributed by atoms with Gasteiger partial charge in [0.1, 0.15) is 5.52 Å². The normalized spacial score (nSPS) is 22.1. The molecule has 1 saturated heterocycles. The van der Waals surface area contributed by atoms with Crippen molar-refractivity contribution in [3.8, 4) is 0 Å². The maximum Gasteiger partial charge on any atom is 0.298 e. The summed E-state index contributed by atoms with van der Waals surface area (Å²) in [5, 5.41) is 0. The quantitative estimate of drug-likeness (QED) is 0.850. The molecule has 21 heavy (non-hydrogen) atoms. The Morgan fingerprint density at radius 3 is 2.57 bits per heavy atom. The first kappa shape index (κ1) is 13.1. The van der Waals surface area contributed by atoms with E-state index in [1.54, 1.807) is 0 Å². The lowest BCUT2D eigenvalue weighted by Crippen LogP contribution is -2.43. The zero-order chi connectivity index (χ0) is 14.3. The molecule has 0 amide bonds. The van der Waals surface area contributed by atoms with E-state index in [1.165, 1.54) is 0 Å². The molecule has 5 heteroatoms. The Morgan fingerprint density at radius 1 is 1.14 bits per heavy atom. The number of hydrogen-bond acceptors (Lipinski definition) is 5. The van der Waals surface area contributed by atoms with Crippen molar-refractivity contribution in [3.05, 3.63) is 24.3 Å². The average Bonchev–Trinajstić information content (AvgIpc) is 3.14. The van der Waals surface area contributed by atoms with Crippen molar-refractivity contribution in [2.24, 2.45) is 0 Å². The number of oxazole rings is 1. The fraction of sp³-hybridized carbons (Fsp3) is 0.562. The van der Waals surface area contributed by atoms with Crippen LogP contribution in [0.2, 0.25) is 0 Å². The minimum atomic E-state index is -0.307. The molecule has 2 aromatic rings. The molecule has 0 radical (unpaired) electrons. The van der Waals surface area contributed by atoms with Gasteiger partial charge in [0.2, 0.25) is 0 Å². The molecule has 1 saturated carbocycles. The van der Waals surface area contributed by atoms with Gasteiger partial charge in [-0.1, -0.05) is 12.1 Å². The van der Waals surface area contributed by atoms with Crippen molar-refractivity contribution in [2.45, 2.75) is 37.5 Å². The molecule has 0 unspecified atom stereocenters. The topological polar surface area (TPSA) is 47.7 Å². The Balaban J connectivity index is 1.49. The highest BCUT2D eigenvalue weighted by atomic mass is 16.7. The van der Waals surface area contributed by atoms with E-state index in [2.05, 4.69) is 16.9 Å². The van der Waals surface area contributed by atoms with Crippen LogP contribution in [0.3, 0.4) is 0 Å². The van der Waals surface area contributed by atoms with Crippen LogP contribution in [0.25, 0.3) is 11.1 Å². The van der Waals surface area contributed by atoms with Crippen molar-refractivity contribution in [2.75, 3.05) is 25.2 Å². The van der Waals surface area contributed by atoms with Gasteiger partial charge in [-0.3, -0.25) is 0 Å². The van der Waals surface area contributed by atoms with Crippen LogP contribution in [-0.4, -0.2) is 37.1 Å². The van der Waals surface area contributed by atoms with Crippen molar-refractivity contribution in [3.63, 3.8) is 0 Å². The summed E-state index contributed by atoms with van der Waals surface area (Å²) in [6, 6.07) is 9.01. The number of aromatic nitrogens is 1. The Morgan fingerprint density at radius 2 is 1.86 bits per heavy atom. The van der Waals surface area contributed by atoms with E-state index in [1.807, 2.05) is 24.3 Å². The molecule has 5 nitrogen and oxygen atoms in total. The maximum absolute atomic E-state index is 5.85. The van der Waals surface area contributed by atoms with Gasteiger partial charge >= 0.3 is 0 Å². The molecule has 0 N–H and O–H groups in total. The number of para-hydroxylation sites is 2. The maximum atomic E-state index is 5.85. The van der Waals surface area contributed by atoms with E-state index < -0.39 is 0 Å². The summed E-state index contributed by atoms with van der Waals surface area (Å²) in [6.45, 7) is 1.46. The Kier molecular flexibility index (Phi) is 3.12. The predicted molar refractivity (Wildman–Crippen MR) is 79.3 cm³/mol. The third-order valence-corrected chi connectivity index (χ3v) is 4.66. The largest absolute Gasteiger partial charge is 0.423 e. The summed E-state index contributed by atoms with van der Waals surface area (Å²) < 4.78 is 17.4. The van der Waals surface area contributed by atoms with Gasteiger partial charge in [0.25, 0.3) is 6.01 Å². The molecule has 2 fully saturated rings. The highest BCUT2D eigenvalue weighted by Gasteiger charge is 2.41. The number of nitrogens with zero attached hydrogens (tertiary/aromatic N) is 2. The molecular formula is C16H20N2O3. The molecule has 1 spiro atoms. The van der Waals surface area contributed by atoms with Crippen molar-refractivity contribution >= 4 is 17.1 Å². The summed E-state index contributed by atoms with van der Waals surface area (Å²) >= 11 is 0. The SMILES string of the molecule is CN(c1nc2ccccc2o1)C1CCC2(CC1)OCCO2. The number of anilines is 1. The van der Waals surface area contributed by atoms with Crippen LogP contribution < -0.4 is 4.90 Å². The van der Waals surface area contributed by atoms with Crippen LogP contribution in [0.1, 0.15) is 25.7 Å². The van der Waals surface area contributed by atoms with Crippen molar-refractivity contribution in [1.29, 1.82) is 0 Å². The van der Waals surface area contributed by atoms with E-state index in [0.29, 0.717) is 12.1 Å². The molecule has 112 valence electrons. The second-order valence-electron chi connectivity index (χ2n) is 5.91. The Bertz CT molecular complexity index is 590. The molecule has 1 aromatic heterocycles. The van der Waals surface area contributed by atoms with Crippen LogP contribution in [-0.2, 0) is 9.47 Å². The first-order valence-corrected chi connectivity index (χ1v) is 7.62. The molecule has 4 rings (SSSR count). The van der Waals surface area contributed by atoms with Gasteiger partial charge in [0, 0.05) is 25.9 Å². The predicted octanol–water partition coefficient (Wildman–Crippen LogP) is 2.95. The van der Waals surface area contributed by atoms with E-state index in [-0.39, 0.29) is 5.79 Å². The lowest BCUT2D eigenvalue weighted by molar-refractivity contribution is -0.178. The minimum Gasteiger partial charge on any atom is -0.423 e. The smallest absolute Gasteiger partial charge is 0.298 e. The van der Waals surface area contributed by atoms with E-state index in [4.69, 9.17) is 13.9 Å².